The Labute approximate surface area is 120 Å². The van der Waals surface area contributed by atoms with Gasteiger partial charge in [0.25, 0.3) is 5.91 Å². The molecular formula is C13H14ClFN4O. The van der Waals surface area contributed by atoms with Gasteiger partial charge in [0.1, 0.15) is 11.0 Å². The second-order valence-corrected chi connectivity index (χ2v) is 4.58. The molecule has 0 fully saturated rings. The molecule has 7 heteroatoms. The molecule has 2 aromatic rings. The molecule has 2 rings (SSSR count). The maximum absolute atomic E-state index is 12.7. The van der Waals surface area contributed by atoms with Gasteiger partial charge >= 0.3 is 0 Å². The van der Waals surface area contributed by atoms with Gasteiger partial charge in [-0.3, -0.25) is 14.5 Å². The normalized spacial score (nSPS) is 10.6. The molecule has 0 atom stereocenters. The van der Waals surface area contributed by atoms with E-state index in [0.717, 1.165) is 6.20 Å². The standard InChI is InChI=1S/C13H14ClFN4O/c1-3-19-12(14)11(8(2)18-19)13(20)17-7-10-5-4-9(15)6-16-10/h4-6H,3,7H2,1-2H3,(H,17,20). The summed E-state index contributed by atoms with van der Waals surface area (Å²) in [5, 5.41) is 7.18. The summed E-state index contributed by atoms with van der Waals surface area (Å²) in [7, 11) is 0. The number of pyridine rings is 1. The molecule has 0 saturated carbocycles. The Morgan fingerprint density at radius 2 is 2.25 bits per heavy atom. The number of aryl methyl sites for hydroxylation is 2. The summed E-state index contributed by atoms with van der Waals surface area (Å²) < 4.78 is 14.3. The van der Waals surface area contributed by atoms with Crippen LogP contribution < -0.4 is 5.32 Å². The summed E-state index contributed by atoms with van der Waals surface area (Å²) >= 11 is 6.10. The SMILES string of the molecule is CCn1nc(C)c(C(=O)NCc2ccc(F)cn2)c1Cl. The van der Waals surface area contributed by atoms with Crippen molar-refractivity contribution in [1.29, 1.82) is 0 Å². The zero-order chi connectivity index (χ0) is 14.7. The first-order valence-corrected chi connectivity index (χ1v) is 6.52. The van der Waals surface area contributed by atoms with Crippen molar-refractivity contribution < 1.29 is 9.18 Å². The van der Waals surface area contributed by atoms with Crippen LogP contribution in [0.1, 0.15) is 28.7 Å². The highest BCUT2D eigenvalue weighted by Gasteiger charge is 2.19. The van der Waals surface area contributed by atoms with Crippen LogP contribution >= 0.6 is 11.6 Å². The van der Waals surface area contributed by atoms with Gasteiger partial charge in [-0.25, -0.2) is 4.39 Å². The van der Waals surface area contributed by atoms with Crippen molar-refractivity contribution in [1.82, 2.24) is 20.1 Å². The zero-order valence-corrected chi connectivity index (χ0v) is 11.9. The van der Waals surface area contributed by atoms with E-state index < -0.39 is 5.82 Å². The fraction of sp³-hybridized carbons (Fsp3) is 0.308. The van der Waals surface area contributed by atoms with E-state index in [1.807, 2.05) is 6.92 Å². The van der Waals surface area contributed by atoms with E-state index in [0.29, 0.717) is 28.6 Å². The van der Waals surface area contributed by atoms with Gasteiger partial charge in [0.05, 0.1) is 29.7 Å². The van der Waals surface area contributed by atoms with Crippen molar-refractivity contribution >= 4 is 17.5 Å². The van der Waals surface area contributed by atoms with Gasteiger partial charge in [-0.15, -0.1) is 0 Å². The summed E-state index contributed by atoms with van der Waals surface area (Å²) in [5.41, 5.74) is 1.49. The smallest absolute Gasteiger partial charge is 0.256 e. The number of carbonyl (C=O) groups is 1. The number of hydrogen-bond acceptors (Lipinski definition) is 3. The summed E-state index contributed by atoms with van der Waals surface area (Å²) in [6.07, 6.45) is 1.11. The van der Waals surface area contributed by atoms with Crippen LogP contribution in [0.4, 0.5) is 4.39 Å². The van der Waals surface area contributed by atoms with Crippen LogP contribution in [0.15, 0.2) is 18.3 Å². The number of hydrogen-bond donors (Lipinski definition) is 1. The van der Waals surface area contributed by atoms with Crippen molar-refractivity contribution in [2.24, 2.45) is 0 Å². The molecule has 0 radical (unpaired) electrons. The average Bonchev–Trinajstić information content (AvgIpc) is 2.72. The Kier molecular flexibility index (Phi) is 4.34. The summed E-state index contributed by atoms with van der Waals surface area (Å²) in [6.45, 7) is 4.41. The summed E-state index contributed by atoms with van der Waals surface area (Å²) in [5.74, 6) is -0.735. The lowest BCUT2D eigenvalue weighted by Gasteiger charge is -2.04. The fourth-order valence-corrected chi connectivity index (χ4v) is 2.17. The molecule has 0 aliphatic heterocycles. The minimum absolute atomic E-state index is 0.201. The monoisotopic (exact) mass is 296 g/mol. The Bertz CT molecular complexity index is 624. The molecule has 2 aromatic heterocycles. The van der Waals surface area contributed by atoms with Gasteiger partial charge in [-0.2, -0.15) is 5.10 Å². The number of nitrogens with zero attached hydrogens (tertiary/aromatic N) is 3. The van der Waals surface area contributed by atoms with Gasteiger partial charge < -0.3 is 5.32 Å². The number of carbonyl (C=O) groups excluding carboxylic acids is 1. The number of halogens is 2. The lowest BCUT2D eigenvalue weighted by molar-refractivity contribution is 0.0950. The van der Waals surface area contributed by atoms with Crippen molar-refractivity contribution in [2.45, 2.75) is 26.9 Å². The van der Waals surface area contributed by atoms with Crippen LogP contribution in [0.3, 0.4) is 0 Å². The summed E-state index contributed by atoms with van der Waals surface area (Å²) in [4.78, 5) is 16.0. The first kappa shape index (κ1) is 14.5. The lowest BCUT2D eigenvalue weighted by atomic mass is 10.2. The lowest BCUT2D eigenvalue weighted by Crippen LogP contribution is -2.24. The third kappa shape index (κ3) is 2.96. The van der Waals surface area contributed by atoms with E-state index in [1.54, 1.807) is 11.6 Å². The van der Waals surface area contributed by atoms with Crippen LogP contribution in [0.5, 0.6) is 0 Å². The Balaban J connectivity index is 2.09. The van der Waals surface area contributed by atoms with Gasteiger partial charge in [-0.1, -0.05) is 11.6 Å². The Hall–Kier alpha value is -1.95. The first-order chi connectivity index (χ1) is 9.52. The molecule has 0 aliphatic carbocycles. The van der Waals surface area contributed by atoms with Crippen LogP contribution in [0, 0.1) is 12.7 Å². The number of nitrogens with one attached hydrogen (secondary N) is 1. The molecular weight excluding hydrogens is 283 g/mol. The molecule has 0 saturated heterocycles. The largest absolute Gasteiger partial charge is 0.346 e. The average molecular weight is 297 g/mol. The molecule has 0 spiro atoms. The van der Waals surface area contributed by atoms with Crippen LogP contribution in [0.25, 0.3) is 0 Å². The van der Waals surface area contributed by atoms with Crippen molar-refractivity contribution in [2.75, 3.05) is 0 Å². The van der Waals surface area contributed by atoms with E-state index in [9.17, 15) is 9.18 Å². The molecule has 0 unspecified atom stereocenters. The Morgan fingerprint density at radius 3 is 2.80 bits per heavy atom. The fourth-order valence-electron chi connectivity index (χ4n) is 1.79. The third-order valence-electron chi connectivity index (χ3n) is 2.81. The Morgan fingerprint density at radius 1 is 1.50 bits per heavy atom. The molecule has 1 amide bonds. The molecule has 2 heterocycles. The molecule has 20 heavy (non-hydrogen) atoms. The van der Waals surface area contributed by atoms with Gasteiger partial charge in [0.15, 0.2) is 0 Å². The van der Waals surface area contributed by atoms with E-state index in [2.05, 4.69) is 15.4 Å². The first-order valence-electron chi connectivity index (χ1n) is 6.14. The minimum Gasteiger partial charge on any atom is -0.346 e. The van der Waals surface area contributed by atoms with Crippen LogP contribution in [-0.4, -0.2) is 20.7 Å². The highest BCUT2D eigenvalue weighted by atomic mass is 35.5. The van der Waals surface area contributed by atoms with E-state index in [-0.39, 0.29) is 12.5 Å². The third-order valence-corrected chi connectivity index (χ3v) is 3.19. The zero-order valence-electron chi connectivity index (χ0n) is 11.2. The molecule has 0 aromatic carbocycles. The van der Waals surface area contributed by atoms with E-state index >= 15 is 0 Å². The second kappa shape index (κ2) is 6.00. The predicted octanol–water partition coefficient (Wildman–Crippen LogP) is 2.33. The minimum atomic E-state index is -0.414. The molecule has 0 aliphatic rings. The highest BCUT2D eigenvalue weighted by molar-refractivity contribution is 6.33. The van der Waals surface area contributed by atoms with Gasteiger partial charge in [0.2, 0.25) is 0 Å². The number of aromatic nitrogens is 3. The van der Waals surface area contributed by atoms with Gasteiger partial charge in [-0.05, 0) is 26.0 Å². The predicted molar refractivity (Wildman–Crippen MR) is 73.0 cm³/mol. The summed E-state index contributed by atoms with van der Waals surface area (Å²) in [6, 6.07) is 2.81. The van der Waals surface area contributed by atoms with Crippen LogP contribution in [0.2, 0.25) is 5.15 Å². The maximum atomic E-state index is 12.7. The molecule has 5 nitrogen and oxygen atoms in total. The highest BCUT2D eigenvalue weighted by Crippen LogP contribution is 2.19. The molecule has 0 bridgehead atoms. The van der Waals surface area contributed by atoms with Crippen LogP contribution in [-0.2, 0) is 13.1 Å². The van der Waals surface area contributed by atoms with Gasteiger partial charge in [0, 0.05) is 6.54 Å². The van der Waals surface area contributed by atoms with E-state index in [1.165, 1.54) is 12.1 Å². The van der Waals surface area contributed by atoms with E-state index in [4.69, 9.17) is 11.6 Å². The molecule has 1 N–H and O–H groups in total. The second-order valence-electron chi connectivity index (χ2n) is 4.22. The van der Waals surface area contributed by atoms with Crippen molar-refractivity contribution in [3.05, 3.63) is 46.3 Å². The topological polar surface area (TPSA) is 59.8 Å². The maximum Gasteiger partial charge on any atom is 0.256 e. The quantitative estimate of drug-likeness (QED) is 0.942. The molecule has 106 valence electrons. The number of amides is 1. The number of rotatable bonds is 4. The van der Waals surface area contributed by atoms with Crippen molar-refractivity contribution in [3.63, 3.8) is 0 Å². The van der Waals surface area contributed by atoms with Crippen molar-refractivity contribution in [3.8, 4) is 0 Å².